The molecule has 186 valence electrons. The molecule has 3 aromatic carbocycles. The van der Waals surface area contributed by atoms with E-state index < -0.39 is 45.4 Å². The van der Waals surface area contributed by atoms with Gasteiger partial charge in [0.2, 0.25) is 0 Å². The third-order valence-corrected chi connectivity index (χ3v) is 7.96. The van der Waals surface area contributed by atoms with E-state index in [1.54, 1.807) is 43.1 Å². The number of carboxylic acids is 1. The van der Waals surface area contributed by atoms with Crippen molar-refractivity contribution in [2.24, 2.45) is 0 Å². The monoisotopic (exact) mass is 522 g/mol. The standard InChI is InChI=1S/C25H25ClF2N2O4S/c1-16(22-7-5-4-6-18(22)15-29(3)17(2)25(31)32)30(24-14-20(27)10-13-23(24)28)35(33,34)21-11-8-19(26)9-12-21/h4-14,16-17H,15H2,1-3H3,(H,31,32)/t16-,17+/m1/s1. The number of anilines is 1. The van der Waals surface area contributed by atoms with Crippen molar-refractivity contribution in [3.63, 3.8) is 0 Å². The van der Waals surface area contributed by atoms with Crippen molar-refractivity contribution in [2.75, 3.05) is 11.4 Å². The Bertz CT molecular complexity index is 1320. The summed E-state index contributed by atoms with van der Waals surface area (Å²) in [6, 6.07) is 13.1. The number of halogens is 3. The summed E-state index contributed by atoms with van der Waals surface area (Å²) in [4.78, 5) is 12.9. The SMILES string of the molecule is C[C@H](c1ccccc1CN(C)[C@@H](C)C(=O)O)N(c1cc(F)ccc1F)S(=O)(=O)c1ccc(Cl)cc1. The zero-order valence-electron chi connectivity index (χ0n) is 19.3. The maximum absolute atomic E-state index is 14.9. The third kappa shape index (κ3) is 5.80. The minimum Gasteiger partial charge on any atom is -0.480 e. The van der Waals surface area contributed by atoms with E-state index in [9.17, 15) is 27.1 Å². The van der Waals surface area contributed by atoms with Crippen molar-refractivity contribution in [1.29, 1.82) is 0 Å². The second-order valence-electron chi connectivity index (χ2n) is 8.15. The minimum absolute atomic E-state index is 0.147. The third-order valence-electron chi connectivity index (χ3n) is 5.81. The molecule has 0 bridgehead atoms. The molecular formula is C25H25ClF2N2O4S. The first-order chi connectivity index (χ1) is 16.4. The number of aliphatic carboxylic acids is 1. The summed E-state index contributed by atoms with van der Waals surface area (Å²) in [5.41, 5.74) is 0.705. The van der Waals surface area contributed by atoms with E-state index in [1.807, 2.05) is 0 Å². The number of sulfonamides is 1. The molecule has 0 unspecified atom stereocenters. The quantitative estimate of drug-likeness (QED) is 0.402. The van der Waals surface area contributed by atoms with Gasteiger partial charge >= 0.3 is 5.97 Å². The molecule has 35 heavy (non-hydrogen) atoms. The molecule has 10 heteroatoms. The summed E-state index contributed by atoms with van der Waals surface area (Å²) in [5, 5.41) is 9.66. The van der Waals surface area contributed by atoms with Crippen LogP contribution in [0.1, 0.15) is 31.0 Å². The lowest BCUT2D eigenvalue weighted by atomic mass is 10.00. The number of benzene rings is 3. The number of hydrogen-bond acceptors (Lipinski definition) is 4. The predicted octanol–water partition coefficient (Wildman–Crippen LogP) is 5.48. The van der Waals surface area contributed by atoms with Crippen LogP contribution in [0.15, 0.2) is 71.6 Å². The summed E-state index contributed by atoms with van der Waals surface area (Å²) in [6.07, 6.45) is 0. The molecule has 3 rings (SSSR count). The van der Waals surface area contributed by atoms with E-state index in [4.69, 9.17) is 11.6 Å². The zero-order chi connectivity index (χ0) is 25.9. The zero-order valence-corrected chi connectivity index (χ0v) is 20.9. The Morgan fingerprint density at radius 1 is 1.03 bits per heavy atom. The average Bonchev–Trinajstić information content (AvgIpc) is 2.81. The molecule has 0 aliphatic carbocycles. The summed E-state index contributed by atoms with van der Waals surface area (Å²) < 4.78 is 57.5. The lowest BCUT2D eigenvalue weighted by molar-refractivity contribution is -0.142. The maximum Gasteiger partial charge on any atom is 0.320 e. The fraction of sp³-hybridized carbons (Fsp3) is 0.240. The first kappa shape index (κ1) is 26.6. The van der Waals surface area contributed by atoms with E-state index in [-0.39, 0.29) is 11.4 Å². The molecule has 0 radical (unpaired) electrons. The maximum atomic E-state index is 14.9. The molecule has 0 saturated carbocycles. The fourth-order valence-corrected chi connectivity index (χ4v) is 5.49. The Morgan fingerprint density at radius 3 is 2.29 bits per heavy atom. The van der Waals surface area contributed by atoms with E-state index in [1.165, 1.54) is 31.2 Å². The van der Waals surface area contributed by atoms with Gasteiger partial charge in [0, 0.05) is 17.6 Å². The van der Waals surface area contributed by atoms with Gasteiger partial charge in [-0.05, 0) is 68.4 Å². The summed E-state index contributed by atoms with van der Waals surface area (Å²) in [7, 11) is -2.74. The Kier molecular flexibility index (Phi) is 8.15. The number of hydrogen-bond donors (Lipinski definition) is 1. The molecule has 3 aromatic rings. The molecule has 0 aromatic heterocycles. The lowest BCUT2D eigenvalue weighted by Gasteiger charge is -2.33. The van der Waals surface area contributed by atoms with Gasteiger partial charge in [-0.25, -0.2) is 17.2 Å². The van der Waals surface area contributed by atoms with Gasteiger partial charge in [-0.2, -0.15) is 0 Å². The summed E-state index contributed by atoms with van der Waals surface area (Å²) in [6.45, 7) is 3.29. The normalized spacial score (nSPS) is 13.5. The van der Waals surface area contributed by atoms with Gasteiger partial charge in [0.1, 0.15) is 17.7 Å². The van der Waals surface area contributed by atoms with Crippen LogP contribution >= 0.6 is 11.6 Å². The first-order valence-electron chi connectivity index (χ1n) is 10.7. The van der Waals surface area contributed by atoms with Gasteiger partial charge in [0.15, 0.2) is 0 Å². The van der Waals surface area contributed by atoms with Crippen LogP contribution in [-0.4, -0.2) is 37.5 Å². The molecule has 0 saturated heterocycles. The van der Waals surface area contributed by atoms with Crippen LogP contribution in [0.25, 0.3) is 0 Å². The minimum atomic E-state index is -4.37. The Labute approximate surface area is 208 Å². The molecule has 6 nitrogen and oxygen atoms in total. The lowest BCUT2D eigenvalue weighted by Crippen LogP contribution is -2.37. The molecule has 2 atom stereocenters. The summed E-state index contributed by atoms with van der Waals surface area (Å²) >= 11 is 5.92. The second kappa shape index (κ2) is 10.7. The van der Waals surface area contributed by atoms with Crippen LogP contribution < -0.4 is 4.31 Å². The molecule has 0 aliphatic heterocycles. The highest BCUT2D eigenvalue weighted by Gasteiger charge is 2.34. The highest BCUT2D eigenvalue weighted by atomic mass is 35.5. The van der Waals surface area contributed by atoms with E-state index >= 15 is 0 Å². The molecule has 0 heterocycles. The second-order valence-corrected chi connectivity index (χ2v) is 10.4. The van der Waals surface area contributed by atoms with Crippen LogP contribution in [0.4, 0.5) is 14.5 Å². The molecule has 0 fully saturated rings. The van der Waals surface area contributed by atoms with Crippen molar-refractivity contribution in [1.82, 2.24) is 4.90 Å². The Hall–Kier alpha value is -3.01. The van der Waals surface area contributed by atoms with Crippen LogP contribution in [-0.2, 0) is 21.4 Å². The summed E-state index contributed by atoms with van der Waals surface area (Å²) in [5.74, 6) is -2.72. The number of rotatable bonds is 9. The van der Waals surface area contributed by atoms with Crippen molar-refractivity contribution >= 4 is 33.3 Å². The highest BCUT2D eigenvalue weighted by molar-refractivity contribution is 7.92. The smallest absolute Gasteiger partial charge is 0.320 e. The van der Waals surface area contributed by atoms with Crippen LogP contribution in [0.3, 0.4) is 0 Å². The number of carbonyl (C=O) groups is 1. The largest absolute Gasteiger partial charge is 0.480 e. The molecular weight excluding hydrogens is 498 g/mol. The molecule has 0 aliphatic rings. The Morgan fingerprint density at radius 2 is 1.66 bits per heavy atom. The molecule has 0 amide bonds. The molecule has 0 spiro atoms. The van der Waals surface area contributed by atoms with Gasteiger partial charge in [-0.1, -0.05) is 35.9 Å². The van der Waals surface area contributed by atoms with Gasteiger partial charge in [0.25, 0.3) is 10.0 Å². The van der Waals surface area contributed by atoms with Gasteiger partial charge in [-0.15, -0.1) is 0 Å². The average molecular weight is 523 g/mol. The van der Waals surface area contributed by atoms with Gasteiger partial charge in [0.05, 0.1) is 16.6 Å². The highest BCUT2D eigenvalue weighted by Crippen LogP contribution is 2.37. The number of nitrogens with zero attached hydrogens (tertiary/aromatic N) is 2. The van der Waals surface area contributed by atoms with E-state index in [0.717, 1.165) is 22.5 Å². The van der Waals surface area contributed by atoms with Gasteiger partial charge < -0.3 is 5.11 Å². The van der Waals surface area contributed by atoms with E-state index in [2.05, 4.69) is 0 Å². The van der Waals surface area contributed by atoms with Crippen LogP contribution in [0, 0.1) is 11.6 Å². The van der Waals surface area contributed by atoms with Gasteiger partial charge in [-0.3, -0.25) is 14.0 Å². The topological polar surface area (TPSA) is 77.9 Å². The first-order valence-corrected chi connectivity index (χ1v) is 12.5. The van der Waals surface area contributed by atoms with Crippen molar-refractivity contribution in [3.8, 4) is 0 Å². The van der Waals surface area contributed by atoms with E-state index in [0.29, 0.717) is 16.1 Å². The Balaban J connectivity index is 2.16. The van der Waals surface area contributed by atoms with Crippen molar-refractivity contribution in [2.45, 2.75) is 37.4 Å². The fourth-order valence-electron chi connectivity index (χ4n) is 3.73. The predicted molar refractivity (Wildman–Crippen MR) is 131 cm³/mol. The number of likely N-dealkylation sites (N-methyl/N-ethyl adjacent to an activating group) is 1. The van der Waals surface area contributed by atoms with Crippen LogP contribution in [0.5, 0.6) is 0 Å². The number of carboxylic acid groups (broad SMARTS) is 1. The van der Waals surface area contributed by atoms with Crippen molar-refractivity contribution < 1.29 is 27.1 Å². The molecule has 1 N–H and O–H groups in total. The van der Waals surface area contributed by atoms with Crippen LogP contribution in [0.2, 0.25) is 5.02 Å². The van der Waals surface area contributed by atoms with Crippen molar-refractivity contribution in [3.05, 3.63) is 94.5 Å².